The van der Waals surface area contributed by atoms with E-state index in [1.165, 1.54) is 54.9 Å². The van der Waals surface area contributed by atoms with E-state index in [1.54, 1.807) is 6.92 Å². The molecule has 0 saturated carbocycles. The Labute approximate surface area is 217 Å². The maximum atomic E-state index is 13.7. The average Bonchev–Trinajstić information content (AvgIpc) is 3.03. The molecule has 0 bridgehead atoms. The number of rotatable bonds is 10. The van der Waals surface area contributed by atoms with Crippen molar-refractivity contribution in [1.29, 1.82) is 0 Å². The lowest BCUT2D eigenvalue weighted by atomic mass is 9.96. The Kier molecular flexibility index (Phi) is 9.16. The van der Waals surface area contributed by atoms with Crippen LogP contribution in [0.25, 0.3) is 0 Å². The number of carbonyl (C=O) groups excluding carboxylic acids is 1. The van der Waals surface area contributed by atoms with Crippen LogP contribution < -0.4 is 10.1 Å². The first-order chi connectivity index (χ1) is 16.9. The van der Waals surface area contributed by atoms with Crippen LogP contribution in [0.5, 0.6) is 5.75 Å². The molecule has 1 aliphatic heterocycles. The van der Waals surface area contributed by atoms with E-state index in [1.807, 2.05) is 0 Å². The van der Waals surface area contributed by atoms with Crippen molar-refractivity contribution in [2.24, 2.45) is 5.92 Å². The van der Waals surface area contributed by atoms with Gasteiger partial charge in [0, 0.05) is 17.3 Å². The number of aliphatic hydroxyl groups excluding tert-OH is 1. The molecule has 0 amide bonds. The molecule has 198 valence electrons. The highest BCUT2D eigenvalue weighted by Crippen LogP contribution is 2.51. The van der Waals surface area contributed by atoms with Crippen molar-refractivity contribution in [1.82, 2.24) is 9.55 Å². The number of esters is 1. The second kappa shape index (κ2) is 11.6. The van der Waals surface area contributed by atoms with Crippen molar-refractivity contribution >= 4 is 37.4 Å². The second-order valence-electron chi connectivity index (χ2n) is 8.50. The number of nitrogens with zero attached hydrogens (tertiary/aromatic N) is 1. The molecule has 2 unspecified atom stereocenters. The van der Waals surface area contributed by atoms with Gasteiger partial charge in [-0.1, -0.05) is 18.5 Å². The second-order valence-corrected chi connectivity index (χ2v) is 11.4. The van der Waals surface area contributed by atoms with Gasteiger partial charge < -0.3 is 24.2 Å². The first-order valence-electron chi connectivity index (χ1n) is 11.1. The van der Waals surface area contributed by atoms with Crippen LogP contribution in [-0.2, 0) is 23.4 Å². The Balaban J connectivity index is 1.81. The van der Waals surface area contributed by atoms with Gasteiger partial charge in [-0.15, -0.1) is 0 Å². The summed E-state index contributed by atoms with van der Waals surface area (Å²) in [5.74, 6) is -1.21. The predicted octanol–water partition coefficient (Wildman–Crippen LogP) is 3.06. The molecule has 6 atom stereocenters. The zero-order chi connectivity index (χ0) is 26.7. The molecule has 1 aromatic carbocycles. The molecule has 11 nitrogen and oxygen atoms in total. The quantitative estimate of drug-likeness (QED) is 0.224. The van der Waals surface area contributed by atoms with E-state index in [0.717, 1.165) is 0 Å². The molecule has 0 radical (unpaired) electrons. The summed E-state index contributed by atoms with van der Waals surface area (Å²) in [6.45, 7) is 4.21. The first kappa shape index (κ1) is 28.5. The van der Waals surface area contributed by atoms with Crippen LogP contribution in [0.1, 0.15) is 27.0 Å². The standard InChI is InChI=1S/C22H28ClN2O9PS/c1-4-31-19(28)13(2)12-35(30,34-15-7-5-14(23)6-8-15)32-11-16-18(27)22(3,29)20(33-16)25-10-9-17(26)24-21(25)36/h5-10,13,16,18,20,27,29H,4,11-12H2,1-3H3,(H,24,26,36)/t13-,16-,18+,20-,22?,35?/m1/s1. The number of nitrogens with one attached hydrogen (secondary N) is 1. The highest BCUT2D eigenvalue weighted by atomic mass is 35.5. The van der Waals surface area contributed by atoms with Gasteiger partial charge in [0.25, 0.3) is 5.56 Å². The Morgan fingerprint density at radius 3 is 2.64 bits per heavy atom. The van der Waals surface area contributed by atoms with E-state index in [-0.39, 0.29) is 23.3 Å². The van der Waals surface area contributed by atoms with Crippen LogP contribution in [0.4, 0.5) is 0 Å². The number of benzene rings is 1. The minimum absolute atomic E-state index is 0.0263. The lowest BCUT2D eigenvalue weighted by molar-refractivity contribution is -0.146. The minimum Gasteiger partial charge on any atom is -0.466 e. The molecule has 2 aromatic rings. The number of halogens is 1. The molecular formula is C22H28ClN2O9PS. The normalized spacial score (nSPS) is 26.2. The monoisotopic (exact) mass is 562 g/mol. The summed E-state index contributed by atoms with van der Waals surface area (Å²) in [6, 6.07) is 7.25. The van der Waals surface area contributed by atoms with Crippen LogP contribution in [0, 0.1) is 10.7 Å². The molecule has 1 aromatic heterocycles. The highest BCUT2D eigenvalue weighted by Gasteiger charge is 2.53. The maximum absolute atomic E-state index is 13.7. The van der Waals surface area contributed by atoms with E-state index in [9.17, 15) is 24.4 Å². The summed E-state index contributed by atoms with van der Waals surface area (Å²) < 4.78 is 37.1. The number of aliphatic hydroxyl groups is 2. The Hall–Kier alpha value is -2.05. The molecular weight excluding hydrogens is 535 g/mol. The Bertz CT molecular complexity index is 1230. The summed E-state index contributed by atoms with van der Waals surface area (Å²) >= 11 is 11.0. The van der Waals surface area contributed by atoms with E-state index < -0.39 is 55.7 Å². The number of ether oxygens (including phenoxy) is 2. The maximum Gasteiger partial charge on any atom is 0.380 e. The van der Waals surface area contributed by atoms with Gasteiger partial charge in [0.2, 0.25) is 0 Å². The van der Waals surface area contributed by atoms with Crippen molar-refractivity contribution in [3.8, 4) is 5.75 Å². The van der Waals surface area contributed by atoms with Gasteiger partial charge in [-0.25, -0.2) is 4.57 Å². The average molecular weight is 563 g/mol. The number of carbonyl (C=O) groups is 1. The number of H-pyrrole nitrogens is 1. The van der Waals surface area contributed by atoms with Crippen molar-refractivity contribution in [3.05, 3.63) is 56.7 Å². The third-order valence-electron chi connectivity index (χ3n) is 5.54. The van der Waals surface area contributed by atoms with Gasteiger partial charge in [0.15, 0.2) is 11.0 Å². The lowest BCUT2D eigenvalue weighted by Crippen LogP contribution is -2.44. The van der Waals surface area contributed by atoms with Gasteiger partial charge in [-0.2, -0.15) is 0 Å². The molecule has 3 rings (SSSR count). The molecule has 3 N–H and O–H groups in total. The number of aromatic amines is 1. The van der Waals surface area contributed by atoms with Gasteiger partial charge in [-0.05, 0) is 50.3 Å². The van der Waals surface area contributed by atoms with Crippen LogP contribution in [0.2, 0.25) is 5.02 Å². The van der Waals surface area contributed by atoms with Crippen LogP contribution >= 0.6 is 31.4 Å². The summed E-state index contributed by atoms with van der Waals surface area (Å²) in [5.41, 5.74) is -2.28. The fraction of sp³-hybridized carbons (Fsp3) is 0.500. The molecule has 1 fully saturated rings. The van der Waals surface area contributed by atoms with Crippen molar-refractivity contribution in [3.63, 3.8) is 0 Å². The smallest absolute Gasteiger partial charge is 0.380 e. The van der Waals surface area contributed by atoms with E-state index >= 15 is 0 Å². The van der Waals surface area contributed by atoms with Crippen LogP contribution in [0.15, 0.2) is 41.3 Å². The number of hydrogen-bond acceptors (Lipinski definition) is 10. The van der Waals surface area contributed by atoms with Crippen molar-refractivity contribution in [2.45, 2.75) is 44.8 Å². The summed E-state index contributed by atoms with van der Waals surface area (Å²) in [7, 11) is -4.01. The van der Waals surface area contributed by atoms with E-state index in [2.05, 4.69) is 4.98 Å². The number of aromatic nitrogens is 2. The van der Waals surface area contributed by atoms with Crippen molar-refractivity contribution in [2.75, 3.05) is 19.4 Å². The molecule has 1 saturated heterocycles. The summed E-state index contributed by atoms with van der Waals surface area (Å²) in [6.07, 6.45) is -2.81. The molecule has 14 heteroatoms. The zero-order valence-corrected chi connectivity index (χ0v) is 22.3. The van der Waals surface area contributed by atoms with E-state index in [4.69, 9.17) is 42.3 Å². The van der Waals surface area contributed by atoms with Crippen LogP contribution in [0.3, 0.4) is 0 Å². The molecule has 0 aliphatic carbocycles. The Morgan fingerprint density at radius 1 is 1.36 bits per heavy atom. The van der Waals surface area contributed by atoms with Gasteiger partial charge in [0.05, 0.1) is 25.3 Å². The fourth-order valence-corrected chi connectivity index (χ4v) is 5.90. The SMILES string of the molecule is CCOC(=O)[C@H](C)CP(=O)(OC[C@H]1O[C@@H](n2ccc(=O)[nH]c2=S)C(C)(O)[C@H]1O)Oc1ccc(Cl)cc1. The lowest BCUT2D eigenvalue weighted by Gasteiger charge is -2.28. The number of hydrogen-bond donors (Lipinski definition) is 3. The summed E-state index contributed by atoms with van der Waals surface area (Å²) in [5, 5.41) is 22.1. The zero-order valence-electron chi connectivity index (χ0n) is 19.8. The van der Waals surface area contributed by atoms with Gasteiger partial charge in [-0.3, -0.25) is 23.7 Å². The van der Waals surface area contributed by atoms with Crippen molar-refractivity contribution < 1.29 is 38.1 Å². The molecule has 2 heterocycles. The van der Waals surface area contributed by atoms with Crippen LogP contribution in [-0.4, -0.2) is 62.9 Å². The largest absolute Gasteiger partial charge is 0.466 e. The first-order valence-corrected chi connectivity index (χ1v) is 13.6. The van der Waals surface area contributed by atoms with Gasteiger partial charge >= 0.3 is 13.6 Å². The highest BCUT2D eigenvalue weighted by molar-refractivity contribution is 7.71. The summed E-state index contributed by atoms with van der Waals surface area (Å²) in [4.78, 5) is 26.1. The third-order valence-corrected chi connectivity index (χ3v) is 8.13. The molecule has 0 spiro atoms. The Morgan fingerprint density at radius 2 is 2.03 bits per heavy atom. The van der Waals surface area contributed by atoms with E-state index in [0.29, 0.717) is 5.02 Å². The van der Waals surface area contributed by atoms with Gasteiger partial charge in [0.1, 0.15) is 23.6 Å². The fourth-order valence-electron chi connectivity index (χ4n) is 3.64. The third kappa shape index (κ3) is 6.63. The molecule has 36 heavy (non-hydrogen) atoms. The predicted molar refractivity (Wildman–Crippen MR) is 133 cm³/mol. The minimum atomic E-state index is -4.01. The molecule has 1 aliphatic rings. The topological polar surface area (TPSA) is 149 Å².